The number of halogens is 1. The summed E-state index contributed by atoms with van der Waals surface area (Å²) in [7, 11) is 0. The van der Waals surface area contributed by atoms with Crippen LogP contribution < -0.4 is 0 Å². The van der Waals surface area contributed by atoms with Gasteiger partial charge in [0, 0.05) is 28.4 Å². The molecule has 0 saturated carbocycles. The van der Waals surface area contributed by atoms with E-state index in [-0.39, 0.29) is 0 Å². The number of nitrogens with zero attached hydrogens (tertiary/aromatic N) is 1. The van der Waals surface area contributed by atoms with Gasteiger partial charge in [-0.05, 0) is 51.4 Å². The smallest absolute Gasteiger partial charge is 0.0714 e. The Morgan fingerprint density at radius 3 is 2.33 bits per heavy atom. The first-order chi connectivity index (χ1) is 14.8. The van der Waals surface area contributed by atoms with E-state index in [0.29, 0.717) is 0 Å². The first kappa shape index (κ1) is 17.4. The van der Waals surface area contributed by atoms with Crippen molar-refractivity contribution in [3.05, 3.63) is 137 Å². The maximum absolute atomic E-state index is 6.79. The fourth-order valence-corrected chi connectivity index (χ4v) is 5.35. The largest absolute Gasteiger partial charge is 0.264 e. The molecule has 0 fully saturated rings. The average Bonchev–Trinajstić information content (AvgIpc) is 3.12. The van der Waals surface area contributed by atoms with Crippen molar-refractivity contribution in [3.63, 3.8) is 0 Å². The van der Waals surface area contributed by atoms with Crippen LogP contribution in [0.3, 0.4) is 0 Å². The Kier molecular flexibility index (Phi) is 3.81. The minimum Gasteiger partial charge on any atom is -0.264 e. The lowest BCUT2D eigenvalue weighted by molar-refractivity contribution is 0.770. The van der Waals surface area contributed by atoms with Crippen molar-refractivity contribution in [2.75, 3.05) is 0 Å². The van der Waals surface area contributed by atoms with Crippen LogP contribution in [-0.2, 0) is 5.41 Å². The molecule has 1 aromatic heterocycles. The van der Waals surface area contributed by atoms with E-state index in [2.05, 4.69) is 96.0 Å². The molecule has 0 bridgehead atoms. The van der Waals surface area contributed by atoms with Crippen molar-refractivity contribution in [1.82, 2.24) is 4.98 Å². The summed E-state index contributed by atoms with van der Waals surface area (Å²) in [6, 6.07) is 34.5. The molecule has 1 nitrogen and oxygen atoms in total. The van der Waals surface area contributed by atoms with E-state index >= 15 is 0 Å². The second-order valence-corrected chi connectivity index (χ2v) is 8.17. The summed E-state index contributed by atoms with van der Waals surface area (Å²) in [6.07, 6.45) is 3.77. The van der Waals surface area contributed by atoms with Crippen LogP contribution in [0.15, 0.2) is 109 Å². The van der Waals surface area contributed by atoms with Crippen LogP contribution in [0.2, 0.25) is 5.02 Å². The van der Waals surface area contributed by atoms with Crippen LogP contribution in [0, 0.1) is 0 Å². The van der Waals surface area contributed by atoms with Crippen molar-refractivity contribution in [2.24, 2.45) is 0 Å². The molecule has 2 heteroatoms. The predicted molar refractivity (Wildman–Crippen MR) is 124 cm³/mol. The van der Waals surface area contributed by atoms with Gasteiger partial charge in [0.2, 0.25) is 0 Å². The topological polar surface area (TPSA) is 12.9 Å². The van der Waals surface area contributed by atoms with Crippen LogP contribution in [0.5, 0.6) is 0 Å². The van der Waals surface area contributed by atoms with Crippen molar-refractivity contribution < 1.29 is 0 Å². The second kappa shape index (κ2) is 6.55. The minimum absolute atomic E-state index is 0.421. The molecule has 1 unspecified atom stereocenters. The van der Waals surface area contributed by atoms with E-state index < -0.39 is 5.41 Å². The van der Waals surface area contributed by atoms with Crippen LogP contribution in [0.1, 0.15) is 22.3 Å². The van der Waals surface area contributed by atoms with Gasteiger partial charge in [-0.1, -0.05) is 90.5 Å². The molecule has 0 amide bonds. The molecule has 0 N–H and O–H groups in total. The van der Waals surface area contributed by atoms with Crippen LogP contribution in [-0.4, -0.2) is 4.98 Å². The van der Waals surface area contributed by atoms with E-state index in [4.69, 9.17) is 11.6 Å². The molecule has 1 atom stereocenters. The highest BCUT2D eigenvalue weighted by Crippen LogP contribution is 2.57. The standard InChI is InChI=1S/C28H18ClN/c29-26-12-6-11-25-27(26)23-9-4-5-10-24(23)28(25,21-7-2-1-3-8-21)22-14-13-20-18-30-16-15-19(20)17-22/h1-18H. The highest BCUT2D eigenvalue weighted by atomic mass is 35.5. The third kappa shape index (κ3) is 2.27. The molecule has 5 aromatic rings. The highest BCUT2D eigenvalue weighted by Gasteiger charge is 2.46. The van der Waals surface area contributed by atoms with Crippen LogP contribution in [0.4, 0.5) is 0 Å². The van der Waals surface area contributed by atoms with E-state index in [1.54, 1.807) is 0 Å². The summed E-state index contributed by atoms with van der Waals surface area (Å²) in [4.78, 5) is 4.28. The monoisotopic (exact) mass is 403 g/mol. The van der Waals surface area contributed by atoms with Crippen LogP contribution >= 0.6 is 11.6 Å². The van der Waals surface area contributed by atoms with Gasteiger partial charge in [-0.15, -0.1) is 0 Å². The van der Waals surface area contributed by atoms with Gasteiger partial charge >= 0.3 is 0 Å². The van der Waals surface area contributed by atoms with E-state index in [1.807, 2.05) is 18.5 Å². The lowest BCUT2D eigenvalue weighted by atomic mass is 9.67. The lowest BCUT2D eigenvalue weighted by Crippen LogP contribution is -2.28. The fraction of sp³-hybridized carbons (Fsp3) is 0.0357. The summed E-state index contributed by atoms with van der Waals surface area (Å²) in [5, 5.41) is 3.12. The molecule has 1 aliphatic carbocycles. The fourth-order valence-electron chi connectivity index (χ4n) is 5.08. The van der Waals surface area contributed by atoms with Crippen molar-refractivity contribution in [3.8, 4) is 11.1 Å². The Morgan fingerprint density at radius 2 is 1.43 bits per heavy atom. The molecule has 1 heterocycles. The summed E-state index contributed by atoms with van der Waals surface area (Å²) in [5.74, 6) is 0. The molecule has 142 valence electrons. The molecule has 0 saturated heterocycles. The Hall–Kier alpha value is -3.42. The third-order valence-corrected chi connectivity index (χ3v) is 6.61. The third-order valence-electron chi connectivity index (χ3n) is 6.30. The zero-order chi connectivity index (χ0) is 20.1. The minimum atomic E-state index is -0.421. The van der Waals surface area contributed by atoms with E-state index in [0.717, 1.165) is 16.0 Å². The zero-order valence-corrected chi connectivity index (χ0v) is 17.0. The first-order valence-electron chi connectivity index (χ1n) is 10.1. The summed E-state index contributed by atoms with van der Waals surface area (Å²) in [6.45, 7) is 0. The number of benzene rings is 4. The number of aromatic nitrogens is 1. The number of fused-ring (bicyclic) bond motifs is 4. The van der Waals surface area contributed by atoms with E-state index in [9.17, 15) is 0 Å². The SMILES string of the molecule is Clc1cccc2c1-c1ccccc1C2(c1ccccc1)c1ccc2cnccc2c1. The van der Waals surface area contributed by atoms with Gasteiger partial charge in [0.05, 0.1) is 5.41 Å². The van der Waals surface area contributed by atoms with Gasteiger partial charge in [-0.2, -0.15) is 0 Å². The quantitative estimate of drug-likeness (QED) is 0.296. The molecule has 0 spiro atoms. The van der Waals surface area contributed by atoms with Crippen molar-refractivity contribution in [2.45, 2.75) is 5.41 Å². The molecular formula is C28H18ClN. The van der Waals surface area contributed by atoms with Gasteiger partial charge in [0.1, 0.15) is 0 Å². The Morgan fingerprint density at radius 1 is 0.633 bits per heavy atom. The van der Waals surface area contributed by atoms with Gasteiger partial charge in [-0.25, -0.2) is 0 Å². The predicted octanol–water partition coefficient (Wildman–Crippen LogP) is 7.25. The maximum atomic E-state index is 6.79. The Labute approximate surface area is 180 Å². The molecule has 1 aliphatic rings. The van der Waals surface area contributed by atoms with Crippen molar-refractivity contribution in [1.29, 1.82) is 0 Å². The molecule has 30 heavy (non-hydrogen) atoms. The molecule has 0 aliphatic heterocycles. The molecule has 4 aromatic carbocycles. The molecular weight excluding hydrogens is 386 g/mol. The second-order valence-electron chi connectivity index (χ2n) is 7.76. The molecule has 0 radical (unpaired) electrons. The average molecular weight is 404 g/mol. The van der Waals surface area contributed by atoms with E-state index in [1.165, 1.54) is 33.2 Å². The summed E-state index contributed by atoms with van der Waals surface area (Å²) >= 11 is 6.79. The number of hydrogen-bond donors (Lipinski definition) is 0. The lowest BCUT2D eigenvalue weighted by Gasteiger charge is -2.34. The van der Waals surface area contributed by atoms with Crippen LogP contribution in [0.25, 0.3) is 21.9 Å². The number of hydrogen-bond acceptors (Lipinski definition) is 1. The Balaban J connectivity index is 1.81. The number of pyridine rings is 1. The zero-order valence-electron chi connectivity index (χ0n) is 16.2. The van der Waals surface area contributed by atoms with Gasteiger partial charge in [0.25, 0.3) is 0 Å². The Bertz CT molecular complexity index is 1410. The maximum Gasteiger partial charge on any atom is 0.0714 e. The number of rotatable bonds is 2. The molecule has 6 rings (SSSR count). The summed E-state index contributed by atoms with van der Waals surface area (Å²) < 4.78 is 0. The normalized spacial score (nSPS) is 17.0. The first-order valence-corrected chi connectivity index (χ1v) is 10.5. The van der Waals surface area contributed by atoms with Gasteiger partial charge < -0.3 is 0 Å². The van der Waals surface area contributed by atoms with Gasteiger partial charge in [-0.3, -0.25) is 4.98 Å². The van der Waals surface area contributed by atoms with Gasteiger partial charge in [0.15, 0.2) is 0 Å². The summed E-state index contributed by atoms with van der Waals surface area (Å²) in [5.41, 5.74) is 6.90. The highest BCUT2D eigenvalue weighted by molar-refractivity contribution is 6.34. The van der Waals surface area contributed by atoms with Crippen molar-refractivity contribution >= 4 is 22.4 Å².